The molecule has 4 aromatic rings. The molecule has 0 bridgehead atoms. The molecule has 0 saturated carbocycles. The molecule has 1 N–H and O–H groups in total. The lowest BCUT2D eigenvalue weighted by Crippen LogP contribution is -2.23. The van der Waals surface area contributed by atoms with E-state index in [0.29, 0.717) is 18.8 Å². The second kappa shape index (κ2) is 8.54. The van der Waals surface area contributed by atoms with Crippen molar-refractivity contribution in [2.75, 3.05) is 6.61 Å². The molecule has 3 aromatic carbocycles. The molecule has 4 rings (SSSR count). The van der Waals surface area contributed by atoms with E-state index in [-0.39, 0.29) is 6.61 Å². The van der Waals surface area contributed by atoms with Gasteiger partial charge in [0.1, 0.15) is 36.5 Å². The van der Waals surface area contributed by atoms with E-state index in [0.717, 1.165) is 16.9 Å². The first-order valence-corrected chi connectivity index (χ1v) is 9.13. The number of hydrogen-bond donors (Lipinski definition) is 1. The SMILES string of the molecule is OC(COc1ccccc1)Cn1cc(COc2ccc3ccccc3c2)nn1. The monoisotopic (exact) mass is 375 g/mol. The van der Waals surface area contributed by atoms with Gasteiger partial charge in [0.15, 0.2) is 0 Å². The molecule has 1 unspecified atom stereocenters. The molecule has 142 valence electrons. The van der Waals surface area contributed by atoms with Gasteiger partial charge in [-0.25, -0.2) is 4.68 Å². The van der Waals surface area contributed by atoms with E-state index in [4.69, 9.17) is 9.47 Å². The molecule has 0 aliphatic heterocycles. The molecule has 0 amide bonds. The van der Waals surface area contributed by atoms with Crippen LogP contribution in [0.4, 0.5) is 0 Å². The number of para-hydroxylation sites is 1. The standard InChI is InChI=1S/C22H21N3O3/c26-20(16-28-21-8-2-1-3-9-21)14-25-13-19(23-24-25)15-27-22-11-10-17-6-4-5-7-18(17)12-22/h1-13,20,26H,14-16H2. The lowest BCUT2D eigenvalue weighted by Gasteiger charge is -2.11. The van der Waals surface area contributed by atoms with Gasteiger partial charge in [-0.3, -0.25) is 0 Å². The Kier molecular flexibility index (Phi) is 5.49. The van der Waals surface area contributed by atoms with Crippen LogP contribution in [0.1, 0.15) is 5.69 Å². The third-order valence-corrected chi connectivity index (χ3v) is 4.28. The Balaban J connectivity index is 1.28. The highest BCUT2D eigenvalue weighted by Gasteiger charge is 2.09. The summed E-state index contributed by atoms with van der Waals surface area (Å²) in [5.74, 6) is 1.51. The van der Waals surface area contributed by atoms with Crippen LogP contribution in [0.5, 0.6) is 11.5 Å². The maximum atomic E-state index is 10.1. The van der Waals surface area contributed by atoms with Crippen molar-refractivity contribution < 1.29 is 14.6 Å². The van der Waals surface area contributed by atoms with Crippen LogP contribution in [0.2, 0.25) is 0 Å². The van der Waals surface area contributed by atoms with Gasteiger partial charge in [-0.05, 0) is 35.0 Å². The number of aromatic nitrogens is 3. The van der Waals surface area contributed by atoms with Crippen LogP contribution in [-0.4, -0.2) is 32.8 Å². The van der Waals surface area contributed by atoms with E-state index >= 15 is 0 Å². The molecule has 0 fully saturated rings. The van der Waals surface area contributed by atoms with Gasteiger partial charge in [-0.15, -0.1) is 5.10 Å². The number of aliphatic hydroxyl groups is 1. The van der Waals surface area contributed by atoms with Crippen molar-refractivity contribution >= 4 is 10.8 Å². The highest BCUT2D eigenvalue weighted by Crippen LogP contribution is 2.21. The predicted octanol–water partition coefficient (Wildman–Crippen LogP) is 3.45. The molecule has 6 heteroatoms. The largest absolute Gasteiger partial charge is 0.491 e. The first kappa shape index (κ1) is 18.0. The summed E-state index contributed by atoms with van der Waals surface area (Å²) in [4.78, 5) is 0. The Morgan fingerprint density at radius 1 is 0.857 bits per heavy atom. The number of nitrogens with zero attached hydrogens (tertiary/aromatic N) is 3. The molecule has 0 aliphatic rings. The Hall–Kier alpha value is -3.38. The van der Waals surface area contributed by atoms with Crippen molar-refractivity contribution in [3.8, 4) is 11.5 Å². The number of aliphatic hydroxyl groups excluding tert-OH is 1. The predicted molar refractivity (Wildman–Crippen MR) is 106 cm³/mol. The minimum Gasteiger partial charge on any atom is -0.491 e. The minimum absolute atomic E-state index is 0.187. The number of rotatable bonds is 8. The van der Waals surface area contributed by atoms with Crippen LogP contribution >= 0.6 is 0 Å². The van der Waals surface area contributed by atoms with Crippen molar-refractivity contribution in [3.05, 3.63) is 84.7 Å². The zero-order chi connectivity index (χ0) is 19.2. The fourth-order valence-corrected chi connectivity index (χ4v) is 2.89. The summed E-state index contributed by atoms with van der Waals surface area (Å²) in [5.41, 5.74) is 0.698. The molecule has 0 radical (unpaired) electrons. The van der Waals surface area contributed by atoms with E-state index in [9.17, 15) is 5.11 Å². The van der Waals surface area contributed by atoms with E-state index in [2.05, 4.69) is 22.4 Å². The molecular weight excluding hydrogens is 354 g/mol. The third kappa shape index (κ3) is 4.66. The fraction of sp³-hybridized carbons (Fsp3) is 0.182. The normalized spacial score (nSPS) is 12.0. The summed E-state index contributed by atoms with van der Waals surface area (Å²) in [5, 5.41) is 20.6. The van der Waals surface area contributed by atoms with Crippen LogP contribution in [0.25, 0.3) is 10.8 Å². The highest BCUT2D eigenvalue weighted by atomic mass is 16.5. The second-order valence-corrected chi connectivity index (χ2v) is 6.51. The topological polar surface area (TPSA) is 69.4 Å². The Morgan fingerprint density at radius 3 is 2.50 bits per heavy atom. The van der Waals surface area contributed by atoms with Gasteiger partial charge in [0.25, 0.3) is 0 Å². The molecule has 0 aliphatic carbocycles. The molecule has 0 saturated heterocycles. The number of hydrogen-bond acceptors (Lipinski definition) is 5. The van der Waals surface area contributed by atoms with Crippen LogP contribution in [0.15, 0.2) is 79.0 Å². The first-order chi connectivity index (χ1) is 13.8. The zero-order valence-corrected chi connectivity index (χ0v) is 15.3. The minimum atomic E-state index is -0.684. The summed E-state index contributed by atoms with van der Waals surface area (Å²) < 4.78 is 13.0. The summed E-state index contributed by atoms with van der Waals surface area (Å²) in [6.07, 6.45) is 1.09. The Bertz CT molecular complexity index is 1030. The summed E-state index contributed by atoms with van der Waals surface area (Å²) in [6, 6.07) is 23.5. The molecule has 1 heterocycles. The molecule has 1 aromatic heterocycles. The van der Waals surface area contributed by atoms with Gasteiger partial charge >= 0.3 is 0 Å². The number of benzene rings is 3. The van der Waals surface area contributed by atoms with Crippen LogP contribution in [0.3, 0.4) is 0 Å². The van der Waals surface area contributed by atoms with Gasteiger partial charge in [0.2, 0.25) is 0 Å². The molecular formula is C22H21N3O3. The number of ether oxygens (including phenoxy) is 2. The fourth-order valence-electron chi connectivity index (χ4n) is 2.89. The van der Waals surface area contributed by atoms with Gasteiger partial charge in [-0.2, -0.15) is 0 Å². The Labute approximate surface area is 163 Å². The first-order valence-electron chi connectivity index (χ1n) is 9.13. The lowest BCUT2D eigenvalue weighted by atomic mass is 10.1. The van der Waals surface area contributed by atoms with E-state index < -0.39 is 6.10 Å². The maximum Gasteiger partial charge on any atom is 0.134 e. The zero-order valence-electron chi connectivity index (χ0n) is 15.3. The average Bonchev–Trinajstić information content (AvgIpc) is 3.18. The quantitative estimate of drug-likeness (QED) is 0.511. The Morgan fingerprint density at radius 2 is 1.64 bits per heavy atom. The van der Waals surface area contributed by atoms with Gasteiger partial charge in [0.05, 0.1) is 12.7 Å². The van der Waals surface area contributed by atoms with Gasteiger partial charge in [-0.1, -0.05) is 53.7 Å². The summed E-state index contributed by atoms with van der Waals surface area (Å²) in [7, 11) is 0. The van der Waals surface area contributed by atoms with Crippen molar-refractivity contribution in [1.29, 1.82) is 0 Å². The van der Waals surface area contributed by atoms with Crippen LogP contribution in [-0.2, 0) is 13.2 Å². The van der Waals surface area contributed by atoms with Crippen LogP contribution < -0.4 is 9.47 Å². The van der Waals surface area contributed by atoms with Crippen molar-refractivity contribution in [2.45, 2.75) is 19.3 Å². The van der Waals surface area contributed by atoms with Crippen molar-refractivity contribution in [1.82, 2.24) is 15.0 Å². The molecule has 6 nitrogen and oxygen atoms in total. The summed E-state index contributed by atoms with van der Waals surface area (Å²) >= 11 is 0. The van der Waals surface area contributed by atoms with Gasteiger partial charge in [0, 0.05) is 0 Å². The van der Waals surface area contributed by atoms with E-state index in [1.165, 1.54) is 5.39 Å². The average molecular weight is 375 g/mol. The van der Waals surface area contributed by atoms with E-state index in [1.807, 2.05) is 60.7 Å². The molecule has 1 atom stereocenters. The van der Waals surface area contributed by atoms with E-state index in [1.54, 1.807) is 10.9 Å². The van der Waals surface area contributed by atoms with Crippen LogP contribution in [0, 0.1) is 0 Å². The maximum absolute atomic E-state index is 10.1. The van der Waals surface area contributed by atoms with Gasteiger partial charge < -0.3 is 14.6 Å². The highest BCUT2D eigenvalue weighted by molar-refractivity contribution is 5.83. The van der Waals surface area contributed by atoms with Crippen molar-refractivity contribution in [2.24, 2.45) is 0 Å². The second-order valence-electron chi connectivity index (χ2n) is 6.51. The third-order valence-electron chi connectivity index (χ3n) is 4.28. The van der Waals surface area contributed by atoms with Crippen molar-refractivity contribution in [3.63, 3.8) is 0 Å². The molecule has 28 heavy (non-hydrogen) atoms. The smallest absolute Gasteiger partial charge is 0.134 e. The molecule has 0 spiro atoms. The summed E-state index contributed by atoms with van der Waals surface area (Å²) in [6.45, 7) is 0.803. The lowest BCUT2D eigenvalue weighted by molar-refractivity contribution is 0.0888. The number of fused-ring (bicyclic) bond motifs is 1.